The van der Waals surface area contributed by atoms with Gasteiger partial charge < -0.3 is 5.11 Å². The van der Waals surface area contributed by atoms with Gasteiger partial charge in [-0.3, -0.25) is 0 Å². The second-order valence-electron chi connectivity index (χ2n) is 4.04. The molecule has 2 rings (SSSR count). The fourth-order valence-corrected chi connectivity index (χ4v) is 2.78. The summed E-state index contributed by atoms with van der Waals surface area (Å²) in [4.78, 5) is 0. The van der Waals surface area contributed by atoms with Gasteiger partial charge in [-0.2, -0.15) is 0 Å². The molecule has 1 fully saturated rings. The van der Waals surface area contributed by atoms with E-state index < -0.39 is 11.6 Å². The molecule has 0 aliphatic heterocycles. The third kappa shape index (κ3) is 1.70. The first-order valence-electron chi connectivity index (χ1n) is 4.85. The Hall–Kier alpha value is -0.480. The van der Waals surface area contributed by atoms with Crippen molar-refractivity contribution in [2.24, 2.45) is 0 Å². The molecule has 0 aromatic heterocycles. The summed E-state index contributed by atoms with van der Waals surface area (Å²) in [5.41, 5.74) is 0.308. The first kappa shape index (κ1) is 11.0. The van der Waals surface area contributed by atoms with Crippen molar-refractivity contribution in [3.8, 4) is 0 Å². The Labute approximate surface area is 95.2 Å². The van der Waals surface area contributed by atoms with Crippen LogP contribution < -0.4 is 0 Å². The number of aliphatic hydroxyl groups is 1. The molecule has 1 aliphatic carbocycles. The summed E-state index contributed by atoms with van der Waals surface area (Å²) in [6, 6.07) is 2.31. The highest BCUT2D eigenvalue weighted by Gasteiger charge is 2.39. The fraction of sp³-hybridized carbons (Fsp3) is 0.455. The molecule has 1 aromatic rings. The molecule has 1 aliphatic rings. The maximum Gasteiger partial charge on any atom is 0.159 e. The minimum Gasteiger partial charge on any atom is -0.395 e. The average molecular weight is 277 g/mol. The van der Waals surface area contributed by atoms with Crippen LogP contribution in [0, 0.1) is 11.6 Å². The lowest BCUT2D eigenvalue weighted by molar-refractivity contribution is 0.119. The smallest absolute Gasteiger partial charge is 0.159 e. The molecule has 0 spiro atoms. The summed E-state index contributed by atoms with van der Waals surface area (Å²) in [6.07, 6.45) is 2.67. The minimum atomic E-state index is -0.863. The highest BCUT2D eigenvalue weighted by molar-refractivity contribution is 9.10. The number of hydrogen-bond acceptors (Lipinski definition) is 1. The van der Waals surface area contributed by atoms with Gasteiger partial charge in [0.05, 0.1) is 6.61 Å². The molecule has 0 bridgehead atoms. The van der Waals surface area contributed by atoms with Gasteiger partial charge in [0.1, 0.15) is 0 Å². The van der Waals surface area contributed by atoms with Gasteiger partial charge in [0.25, 0.3) is 0 Å². The molecule has 1 N–H and O–H groups in total. The second kappa shape index (κ2) is 3.83. The third-order valence-electron chi connectivity index (χ3n) is 3.19. The summed E-state index contributed by atoms with van der Waals surface area (Å²) >= 11 is 3.21. The summed E-state index contributed by atoms with van der Waals surface area (Å²) < 4.78 is 26.6. The summed E-state index contributed by atoms with van der Waals surface area (Å²) in [6.45, 7) is -0.0172. The molecular weight excluding hydrogens is 266 g/mol. The van der Waals surface area contributed by atoms with E-state index in [2.05, 4.69) is 15.9 Å². The summed E-state index contributed by atoms with van der Waals surface area (Å²) in [7, 11) is 0. The number of benzene rings is 1. The monoisotopic (exact) mass is 276 g/mol. The van der Waals surface area contributed by atoms with E-state index >= 15 is 0 Å². The fourth-order valence-electron chi connectivity index (χ4n) is 2.05. The maximum absolute atomic E-state index is 13.1. The van der Waals surface area contributed by atoms with E-state index in [9.17, 15) is 13.9 Å². The Balaban J connectivity index is 2.47. The number of halogens is 3. The van der Waals surface area contributed by atoms with Crippen LogP contribution in [-0.2, 0) is 5.41 Å². The molecular formula is C11H11BrF2O. The average Bonchev–Trinajstić information content (AvgIpc) is 2.12. The molecule has 0 atom stereocenters. The van der Waals surface area contributed by atoms with Gasteiger partial charge >= 0.3 is 0 Å². The molecule has 0 saturated heterocycles. The van der Waals surface area contributed by atoms with E-state index in [-0.39, 0.29) is 12.0 Å². The van der Waals surface area contributed by atoms with E-state index in [1.54, 1.807) is 0 Å². The predicted octanol–water partition coefficient (Wildman–Crippen LogP) is 3.14. The van der Waals surface area contributed by atoms with Crippen LogP contribution in [0.4, 0.5) is 8.78 Å². The van der Waals surface area contributed by atoms with Crippen molar-refractivity contribution in [2.75, 3.05) is 6.61 Å². The zero-order chi connectivity index (χ0) is 11.1. The second-order valence-corrected chi connectivity index (χ2v) is 4.89. The van der Waals surface area contributed by atoms with E-state index in [1.165, 1.54) is 6.07 Å². The van der Waals surface area contributed by atoms with Crippen molar-refractivity contribution in [1.29, 1.82) is 0 Å². The predicted molar refractivity (Wildman–Crippen MR) is 56.7 cm³/mol. The standard InChI is InChI=1S/C11H11BrF2O/c12-8-5-10(14)9(13)4-7(8)11(6-15)2-1-3-11/h4-5,15H,1-3,6H2. The molecule has 0 unspecified atom stereocenters. The zero-order valence-corrected chi connectivity index (χ0v) is 9.65. The summed E-state index contributed by atoms with van der Waals surface area (Å²) in [5.74, 6) is -1.72. The van der Waals surface area contributed by atoms with Gasteiger partial charge in [-0.1, -0.05) is 22.4 Å². The molecule has 1 saturated carbocycles. The molecule has 1 aromatic carbocycles. The maximum atomic E-state index is 13.1. The van der Waals surface area contributed by atoms with Gasteiger partial charge in [-0.15, -0.1) is 0 Å². The quantitative estimate of drug-likeness (QED) is 0.823. The highest BCUT2D eigenvalue weighted by atomic mass is 79.9. The van der Waals surface area contributed by atoms with Gasteiger partial charge in [0.15, 0.2) is 11.6 Å². The van der Waals surface area contributed by atoms with Crippen molar-refractivity contribution >= 4 is 15.9 Å². The Bertz CT molecular complexity index is 383. The minimum absolute atomic E-state index is 0.0172. The highest BCUT2D eigenvalue weighted by Crippen LogP contribution is 2.46. The SMILES string of the molecule is OCC1(c2cc(F)c(F)cc2Br)CCC1. The Kier molecular flexibility index (Phi) is 2.81. The molecule has 1 nitrogen and oxygen atoms in total. The lowest BCUT2D eigenvalue weighted by Crippen LogP contribution is -2.38. The lowest BCUT2D eigenvalue weighted by Gasteiger charge is -2.41. The van der Waals surface area contributed by atoms with E-state index in [0.29, 0.717) is 10.0 Å². The van der Waals surface area contributed by atoms with Crippen molar-refractivity contribution in [1.82, 2.24) is 0 Å². The first-order chi connectivity index (χ1) is 7.09. The normalized spacial score (nSPS) is 18.7. The Morgan fingerprint density at radius 2 is 1.87 bits per heavy atom. The van der Waals surface area contributed by atoms with E-state index in [0.717, 1.165) is 25.3 Å². The van der Waals surface area contributed by atoms with Crippen LogP contribution in [0.15, 0.2) is 16.6 Å². The summed E-state index contributed by atoms with van der Waals surface area (Å²) in [5, 5.41) is 9.34. The molecule has 15 heavy (non-hydrogen) atoms. The third-order valence-corrected chi connectivity index (χ3v) is 3.85. The van der Waals surface area contributed by atoms with Crippen molar-refractivity contribution in [2.45, 2.75) is 24.7 Å². The zero-order valence-electron chi connectivity index (χ0n) is 8.06. The van der Waals surface area contributed by atoms with Crippen molar-refractivity contribution in [3.05, 3.63) is 33.8 Å². The molecule has 0 radical (unpaired) electrons. The Morgan fingerprint density at radius 1 is 1.27 bits per heavy atom. The van der Waals surface area contributed by atoms with Gasteiger partial charge in [0, 0.05) is 9.89 Å². The van der Waals surface area contributed by atoms with Gasteiger partial charge in [-0.05, 0) is 30.5 Å². The molecule has 82 valence electrons. The molecule has 4 heteroatoms. The molecule has 0 heterocycles. The van der Waals surface area contributed by atoms with Crippen LogP contribution >= 0.6 is 15.9 Å². The van der Waals surface area contributed by atoms with Crippen molar-refractivity contribution < 1.29 is 13.9 Å². The first-order valence-corrected chi connectivity index (χ1v) is 5.64. The Morgan fingerprint density at radius 3 is 2.33 bits per heavy atom. The van der Waals surface area contributed by atoms with Gasteiger partial charge in [0.2, 0.25) is 0 Å². The largest absolute Gasteiger partial charge is 0.395 e. The van der Waals surface area contributed by atoms with E-state index in [4.69, 9.17) is 0 Å². The molecule has 0 amide bonds. The van der Waals surface area contributed by atoms with E-state index in [1.807, 2.05) is 0 Å². The van der Waals surface area contributed by atoms with Crippen LogP contribution in [0.2, 0.25) is 0 Å². The topological polar surface area (TPSA) is 20.2 Å². The van der Waals surface area contributed by atoms with Crippen molar-refractivity contribution in [3.63, 3.8) is 0 Å². The number of aliphatic hydroxyl groups excluding tert-OH is 1. The van der Waals surface area contributed by atoms with Crippen LogP contribution in [0.1, 0.15) is 24.8 Å². The van der Waals surface area contributed by atoms with Gasteiger partial charge in [-0.25, -0.2) is 8.78 Å². The number of hydrogen-bond donors (Lipinski definition) is 1. The van der Waals surface area contributed by atoms with Crippen LogP contribution in [0.3, 0.4) is 0 Å². The van der Waals surface area contributed by atoms with Crippen LogP contribution in [-0.4, -0.2) is 11.7 Å². The van der Waals surface area contributed by atoms with Crippen LogP contribution in [0.25, 0.3) is 0 Å². The van der Waals surface area contributed by atoms with Crippen LogP contribution in [0.5, 0.6) is 0 Å². The number of rotatable bonds is 2. The lowest BCUT2D eigenvalue weighted by atomic mass is 9.65.